The Labute approximate surface area is 196 Å². The molecule has 0 atom stereocenters. The van der Waals surface area contributed by atoms with Crippen molar-refractivity contribution in [3.8, 4) is 0 Å². The van der Waals surface area contributed by atoms with Crippen LogP contribution < -0.4 is 5.73 Å². The highest BCUT2D eigenvalue weighted by Crippen LogP contribution is 2.31. The molecule has 0 saturated carbocycles. The fourth-order valence-electron chi connectivity index (χ4n) is 4.13. The topological polar surface area (TPSA) is 76.0 Å². The number of aryl methyl sites for hydroxylation is 2. The van der Waals surface area contributed by atoms with Gasteiger partial charge in [0, 0.05) is 27.9 Å². The van der Waals surface area contributed by atoms with Gasteiger partial charge in [0.25, 0.3) is 0 Å². The molecule has 3 N–H and O–H groups in total. The second-order valence-corrected chi connectivity index (χ2v) is 10.6. The lowest BCUT2D eigenvalue weighted by Crippen LogP contribution is -2.08. The van der Waals surface area contributed by atoms with Gasteiger partial charge in [0.15, 0.2) is 9.84 Å². The minimum atomic E-state index is -3.76. The molecule has 4 nitrogen and oxygen atoms in total. The average molecular weight is 489 g/mol. The molecule has 0 bridgehead atoms. The Balaban J connectivity index is 1.78. The van der Waals surface area contributed by atoms with E-state index in [4.69, 9.17) is 17.3 Å². The van der Waals surface area contributed by atoms with Crippen LogP contribution in [0.25, 0.3) is 10.9 Å². The molecule has 33 heavy (non-hydrogen) atoms. The first-order valence-corrected chi connectivity index (χ1v) is 12.4. The molecule has 4 rings (SSSR count). The van der Waals surface area contributed by atoms with E-state index in [1.165, 1.54) is 30.3 Å². The van der Waals surface area contributed by atoms with E-state index in [2.05, 4.69) is 4.98 Å². The maximum absolute atomic E-state index is 14.5. The molecule has 0 fully saturated rings. The number of halogens is 3. The molecule has 0 radical (unpaired) electrons. The molecule has 1 heterocycles. The van der Waals surface area contributed by atoms with Crippen molar-refractivity contribution in [2.45, 2.75) is 37.3 Å². The van der Waals surface area contributed by atoms with Gasteiger partial charge in [-0.15, -0.1) is 0 Å². The lowest BCUT2D eigenvalue weighted by molar-refractivity contribution is 0.589. The standard InChI is InChI=1S/C25H23ClF2N2O2S/c1-14-3-10-23(29)19(15(14)2)8-9-20-21-11-17(27)12-22(28)25(21)30-24(20)13-33(31,32)18-6-4-16(26)5-7-18/h3-7,10-12,30H,8-9,13,29H2,1-2H3. The lowest BCUT2D eigenvalue weighted by atomic mass is 9.95. The second kappa shape index (κ2) is 8.80. The number of nitrogen functional groups attached to an aromatic ring is 1. The van der Waals surface area contributed by atoms with Crippen LogP contribution >= 0.6 is 11.6 Å². The highest BCUT2D eigenvalue weighted by Gasteiger charge is 2.23. The van der Waals surface area contributed by atoms with E-state index < -0.39 is 21.5 Å². The van der Waals surface area contributed by atoms with Crippen LogP contribution in [0, 0.1) is 25.5 Å². The minimum Gasteiger partial charge on any atom is -0.398 e. The highest BCUT2D eigenvalue weighted by molar-refractivity contribution is 7.90. The van der Waals surface area contributed by atoms with Crippen molar-refractivity contribution in [1.82, 2.24) is 4.98 Å². The maximum atomic E-state index is 14.5. The maximum Gasteiger partial charge on any atom is 0.183 e. The van der Waals surface area contributed by atoms with Crippen LogP contribution in [-0.2, 0) is 28.4 Å². The molecule has 0 unspecified atom stereocenters. The molecule has 3 aromatic carbocycles. The Bertz CT molecular complexity index is 1460. The number of hydrogen-bond donors (Lipinski definition) is 2. The molecule has 1 aromatic heterocycles. The summed E-state index contributed by atoms with van der Waals surface area (Å²) in [6.45, 7) is 3.96. The monoisotopic (exact) mass is 488 g/mol. The summed E-state index contributed by atoms with van der Waals surface area (Å²) in [6.07, 6.45) is 0.862. The van der Waals surface area contributed by atoms with Gasteiger partial charge >= 0.3 is 0 Å². The third kappa shape index (κ3) is 4.61. The zero-order valence-corrected chi connectivity index (χ0v) is 19.7. The fraction of sp³-hybridized carbons (Fsp3) is 0.200. The van der Waals surface area contributed by atoms with Crippen molar-refractivity contribution in [3.05, 3.63) is 93.1 Å². The summed E-state index contributed by atoms with van der Waals surface area (Å²) in [4.78, 5) is 2.99. The summed E-state index contributed by atoms with van der Waals surface area (Å²) in [6, 6.07) is 11.6. The number of hydrogen-bond acceptors (Lipinski definition) is 3. The lowest BCUT2D eigenvalue weighted by Gasteiger charge is -2.13. The Kier molecular flexibility index (Phi) is 6.20. The van der Waals surface area contributed by atoms with E-state index in [9.17, 15) is 17.2 Å². The molecule has 172 valence electrons. The van der Waals surface area contributed by atoms with Crippen LogP contribution in [0.1, 0.15) is 27.9 Å². The number of nitrogens with two attached hydrogens (primary N) is 1. The summed E-state index contributed by atoms with van der Waals surface area (Å²) in [5.41, 5.74) is 10.8. The molecular formula is C25H23ClF2N2O2S. The molecule has 0 amide bonds. The molecule has 0 aliphatic carbocycles. The van der Waals surface area contributed by atoms with E-state index in [1.54, 1.807) is 0 Å². The van der Waals surface area contributed by atoms with Gasteiger partial charge in [-0.2, -0.15) is 0 Å². The van der Waals surface area contributed by atoms with E-state index in [-0.39, 0.29) is 16.2 Å². The average Bonchev–Trinajstić information content (AvgIpc) is 3.08. The van der Waals surface area contributed by atoms with Crippen molar-refractivity contribution >= 4 is 38.0 Å². The van der Waals surface area contributed by atoms with E-state index in [0.29, 0.717) is 40.2 Å². The normalized spacial score (nSPS) is 11.9. The second-order valence-electron chi connectivity index (χ2n) is 8.18. The Hall–Kier alpha value is -2.90. The van der Waals surface area contributed by atoms with Gasteiger partial charge in [-0.3, -0.25) is 0 Å². The van der Waals surface area contributed by atoms with Gasteiger partial charge in [-0.05, 0) is 85.3 Å². The molecule has 0 aliphatic heterocycles. The van der Waals surface area contributed by atoms with Gasteiger partial charge < -0.3 is 10.7 Å². The highest BCUT2D eigenvalue weighted by atomic mass is 35.5. The van der Waals surface area contributed by atoms with Gasteiger partial charge in [-0.25, -0.2) is 17.2 Å². The number of anilines is 1. The summed E-state index contributed by atoms with van der Waals surface area (Å²) in [5.74, 6) is -1.88. The zero-order chi connectivity index (χ0) is 23.9. The van der Waals surface area contributed by atoms with Gasteiger partial charge in [-0.1, -0.05) is 17.7 Å². The number of aromatic nitrogens is 1. The predicted molar refractivity (Wildman–Crippen MR) is 128 cm³/mol. The molecule has 0 aliphatic rings. The van der Waals surface area contributed by atoms with Crippen LogP contribution in [0.5, 0.6) is 0 Å². The van der Waals surface area contributed by atoms with Crippen LogP contribution in [0.2, 0.25) is 5.02 Å². The number of aromatic amines is 1. The van der Waals surface area contributed by atoms with Crippen molar-refractivity contribution in [1.29, 1.82) is 0 Å². The zero-order valence-electron chi connectivity index (χ0n) is 18.2. The summed E-state index contributed by atoms with van der Waals surface area (Å²) in [7, 11) is -3.76. The van der Waals surface area contributed by atoms with E-state index >= 15 is 0 Å². The number of fused-ring (bicyclic) bond motifs is 1. The molecular weight excluding hydrogens is 466 g/mol. The minimum absolute atomic E-state index is 0.0849. The van der Waals surface area contributed by atoms with Gasteiger partial charge in [0.1, 0.15) is 11.6 Å². The van der Waals surface area contributed by atoms with Crippen LogP contribution in [-0.4, -0.2) is 13.4 Å². The van der Waals surface area contributed by atoms with E-state index in [0.717, 1.165) is 22.8 Å². The largest absolute Gasteiger partial charge is 0.398 e. The predicted octanol–water partition coefficient (Wildman–Crippen LogP) is 6.06. The first kappa shape index (κ1) is 23.3. The molecule has 8 heteroatoms. The van der Waals surface area contributed by atoms with Gasteiger partial charge in [0.2, 0.25) is 0 Å². The summed E-state index contributed by atoms with van der Waals surface area (Å²) < 4.78 is 54.7. The third-order valence-electron chi connectivity index (χ3n) is 6.06. The number of rotatable bonds is 6. The van der Waals surface area contributed by atoms with Crippen molar-refractivity contribution in [2.24, 2.45) is 0 Å². The molecule has 4 aromatic rings. The molecule has 0 saturated heterocycles. The first-order valence-electron chi connectivity index (χ1n) is 10.4. The summed E-state index contributed by atoms with van der Waals surface area (Å²) >= 11 is 5.88. The van der Waals surface area contributed by atoms with Crippen LogP contribution in [0.15, 0.2) is 53.4 Å². The van der Waals surface area contributed by atoms with Gasteiger partial charge in [0.05, 0.1) is 16.2 Å². The Morgan fingerprint density at radius 1 is 0.970 bits per heavy atom. The quantitative estimate of drug-likeness (QED) is 0.324. The van der Waals surface area contributed by atoms with Crippen molar-refractivity contribution in [3.63, 3.8) is 0 Å². The van der Waals surface area contributed by atoms with E-state index in [1.807, 2.05) is 26.0 Å². The number of sulfone groups is 1. The number of benzene rings is 3. The first-order chi connectivity index (χ1) is 15.6. The Morgan fingerprint density at radius 3 is 2.33 bits per heavy atom. The smallest absolute Gasteiger partial charge is 0.183 e. The van der Waals surface area contributed by atoms with Crippen LogP contribution in [0.4, 0.5) is 14.5 Å². The van der Waals surface area contributed by atoms with Crippen molar-refractivity contribution in [2.75, 3.05) is 5.73 Å². The third-order valence-corrected chi connectivity index (χ3v) is 7.97. The van der Waals surface area contributed by atoms with Crippen LogP contribution in [0.3, 0.4) is 0 Å². The number of nitrogens with one attached hydrogen (secondary N) is 1. The Morgan fingerprint density at radius 2 is 1.64 bits per heavy atom. The van der Waals surface area contributed by atoms with Crippen molar-refractivity contribution < 1.29 is 17.2 Å². The fourth-order valence-corrected chi connectivity index (χ4v) is 5.60. The number of H-pyrrole nitrogens is 1. The summed E-state index contributed by atoms with van der Waals surface area (Å²) in [5, 5.41) is 0.751. The SMILES string of the molecule is Cc1ccc(N)c(CCc2c(CS(=O)(=O)c3ccc(Cl)cc3)[nH]c3c(F)cc(F)cc23)c1C. The molecule has 0 spiro atoms.